The van der Waals surface area contributed by atoms with E-state index in [1.807, 2.05) is 19.9 Å². The summed E-state index contributed by atoms with van der Waals surface area (Å²) >= 11 is 0. The highest BCUT2D eigenvalue weighted by Gasteiger charge is 2.28. The molecule has 0 radical (unpaired) electrons. The molecule has 0 spiro atoms. The Kier molecular flexibility index (Phi) is 2.86. The molecule has 1 heterocycles. The van der Waals surface area contributed by atoms with Gasteiger partial charge in [0.05, 0.1) is 6.04 Å². The van der Waals surface area contributed by atoms with E-state index in [2.05, 4.69) is 0 Å². The molecule has 1 atom stereocenters. The fraction of sp³-hybridized carbons (Fsp3) is 0.600. The Labute approximate surface area is 78.4 Å². The number of carbonyl (C=O) groups is 2. The molecule has 0 N–H and O–H groups in total. The molecule has 72 valence electrons. The number of hydrogen-bond donors (Lipinski definition) is 0. The van der Waals surface area contributed by atoms with Crippen LogP contribution in [0.25, 0.3) is 0 Å². The van der Waals surface area contributed by atoms with E-state index in [1.165, 1.54) is 4.90 Å². The van der Waals surface area contributed by atoms with Crippen molar-refractivity contribution < 1.29 is 9.59 Å². The van der Waals surface area contributed by atoms with Crippen molar-refractivity contribution >= 4 is 11.8 Å². The standard InChI is InChI=1S/C10H15NO2/c1-4-9(12)11-8(3)7(2)5-6-10(11)13/h5,8H,4,6H2,1-3H3. The first kappa shape index (κ1) is 9.96. The van der Waals surface area contributed by atoms with E-state index in [9.17, 15) is 9.59 Å². The van der Waals surface area contributed by atoms with E-state index in [0.29, 0.717) is 12.8 Å². The van der Waals surface area contributed by atoms with Crippen molar-refractivity contribution in [1.29, 1.82) is 0 Å². The van der Waals surface area contributed by atoms with Gasteiger partial charge in [0.1, 0.15) is 0 Å². The fourth-order valence-corrected chi connectivity index (χ4v) is 1.46. The highest BCUT2D eigenvalue weighted by Crippen LogP contribution is 2.18. The monoisotopic (exact) mass is 181 g/mol. The first-order chi connectivity index (χ1) is 6.07. The highest BCUT2D eigenvalue weighted by atomic mass is 16.2. The van der Waals surface area contributed by atoms with E-state index >= 15 is 0 Å². The first-order valence-electron chi connectivity index (χ1n) is 4.59. The molecular formula is C10H15NO2. The summed E-state index contributed by atoms with van der Waals surface area (Å²) in [5, 5.41) is 0. The average Bonchev–Trinajstić information content (AvgIpc) is 2.12. The minimum Gasteiger partial charge on any atom is -0.275 e. The molecule has 3 heteroatoms. The smallest absolute Gasteiger partial charge is 0.233 e. The van der Waals surface area contributed by atoms with Crippen LogP contribution >= 0.6 is 0 Å². The van der Waals surface area contributed by atoms with Gasteiger partial charge in [0.25, 0.3) is 0 Å². The molecule has 0 saturated heterocycles. The van der Waals surface area contributed by atoms with Crippen LogP contribution in [-0.4, -0.2) is 22.8 Å². The van der Waals surface area contributed by atoms with Gasteiger partial charge in [-0.25, -0.2) is 0 Å². The summed E-state index contributed by atoms with van der Waals surface area (Å²) in [5.74, 6) is -0.157. The molecule has 0 saturated carbocycles. The van der Waals surface area contributed by atoms with Crippen LogP contribution in [0, 0.1) is 0 Å². The van der Waals surface area contributed by atoms with Gasteiger partial charge < -0.3 is 0 Å². The van der Waals surface area contributed by atoms with Gasteiger partial charge in [0.2, 0.25) is 11.8 Å². The maximum absolute atomic E-state index is 11.4. The summed E-state index contributed by atoms with van der Waals surface area (Å²) in [6.45, 7) is 5.61. The minimum atomic E-state index is -0.0787. The predicted octanol–water partition coefficient (Wildman–Crippen LogP) is 1.49. The Morgan fingerprint density at radius 1 is 1.69 bits per heavy atom. The van der Waals surface area contributed by atoms with Gasteiger partial charge >= 0.3 is 0 Å². The lowest BCUT2D eigenvalue weighted by Crippen LogP contribution is -2.45. The van der Waals surface area contributed by atoms with Crippen molar-refractivity contribution in [1.82, 2.24) is 4.90 Å². The molecule has 0 aromatic rings. The summed E-state index contributed by atoms with van der Waals surface area (Å²) < 4.78 is 0. The third-order valence-electron chi connectivity index (χ3n) is 2.48. The number of rotatable bonds is 1. The largest absolute Gasteiger partial charge is 0.275 e. The molecular weight excluding hydrogens is 166 g/mol. The van der Waals surface area contributed by atoms with E-state index in [-0.39, 0.29) is 17.9 Å². The lowest BCUT2D eigenvalue weighted by molar-refractivity contribution is -0.146. The molecule has 0 bridgehead atoms. The third kappa shape index (κ3) is 1.79. The van der Waals surface area contributed by atoms with Gasteiger partial charge in [-0.15, -0.1) is 0 Å². The summed E-state index contributed by atoms with van der Waals surface area (Å²) in [5.41, 5.74) is 1.10. The van der Waals surface area contributed by atoms with E-state index in [1.54, 1.807) is 6.92 Å². The van der Waals surface area contributed by atoms with Gasteiger partial charge in [0, 0.05) is 12.8 Å². The third-order valence-corrected chi connectivity index (χ3v) is 2.48. The van der Waals surface area contributed by atoms with Crippen LogP contribution < -0.4 is 0 Å². The second-order valence-corrected chi connectivity index (χ2v) is 3.34. The first-order valence-corrected chi connectivity index (χ1v) is 4.59. The van der Waals surface area contributed by atoms with Crippen LogP contribution in [0.15, 0.2) is 11.6 Å². The zero-order chi connectivity index (χ0) is 10.0. The van der Waals surface area contributed by atoms with Crippen LogP contribution in [0.5, 0.6) is 0 Å². The second-order valence-electron chi connectivity index (χ2n) is 3.34. The maximum atomic E-state index is 11.4. The maximum Gasteiger partial charge on any atom is 0.233 e. The number of nitrogens with zero attached hydrogens (tertiary/aromatic N) is 1. The number of amides is 2. The summed E-state index contributed by atoms with van der Waals surface area (Å²) in [4.78, 5) is 24.2. The van der Waals surface area contributed by atoms with Crippen LogP contribution in [0.4, 0.5) is 0 Å². The SMILES string of the molecule is CCC(=O)N1C(=O)CC=C(C)C1C. The van der Waals surface area contributed by atoms with Crippen LogP contribution in [0.2, 0.25) is 0 Å². The molecule has 1 aliphatic rings. The molecule has 0 fully saturated rings. The van der Waals surface area contributed by atoms with Gasteiger partial charge in [0.15, 0.2) is 0 Å². The van der Waals surface area contributed by atoms with Gasteiger partial charge in [-0.2, -0.15) is 0 Å². The Balaban J connectivity index is 2.89. The molecule has 2 amide bonds. The van der Waals surface area contributed by atoms with Gasteiger partial charge in [-0.3, -0.25) is 14.5 Å². The van der Waals surface area contributed by atoms with Gasteiger partial charge in [-0.1, -0.05) is 18.6 Å². The Bertz CT molecular complexity index is 268. The van der Waals surface area contributed by atoms with Crippen molar-refractivity contribution in [2.75, 3.05) is 0 Å². The quantitative estimate of drug-likeness (QED) is 0.575. The summed E-state index contributed by atoms with van der Waals surface area (Å²) in [7, 11) is 0. The molecule has 0 aromatic heterocycles. The number of carbonyl (C=O) groups excluding carboxylic acids is 2. The lowest BCUT2D eigenvalue weighted by Gasteiger charge is -2.31. The average molecular weight is 181 g/mol. The number of hydrogen-bond acceptors (Lipinski definition) is 2. The summed E-state index contributed by atoms with van der Waals surface area (Å²) in [6.07, 6.45) is 2.65. The Morgan fingerprint density at radius 2 is 2.31 bits per heavy atom. The van der Waals surface area contributed by atoms with Crippen LogP contribution in [-0.2, 0) is 9.59 Å². The van der Waals surface area contributed by atoms with Crippen molar-refractivity contribution in [2.45, 2.75) is 39.7 Å². The molecule has 1 rings (SSSR count). The number of imide groups is 1. The highest BCUT2D eigenvalue weighted by molar-refractivity contribution is 5.97. The zero-order valence-corrected chi connectivity index (χ0v) is 8.33. The van der Waals surface area contributed by atoms with Crippen LogP contribution in [0.1, 0.15) is 33.6 Å². The zero-order valence-electron chi connectivity index (χ0n) is 8.33. The fourth-order valence-electron chi connectivity index (χ4n) is 1.46. The normalized spacial score (nSPS) is 23.0. The van der Waals surface area contributed by atoms with Crippen molar-refractivity contribution in [2.24, 2.45) is 0 Å². The predicted molar refractivity (Wildman–Crippen MR) is 50.0 cm³/mol. The Hall–Kier alpha value is -1.12. The minimum absolute atomic E-state index is 0.0614. The van der Waals surface area contributed by atoms with Crippen molar-refractivity contribution in [3.05, 3.63) is 11.6 Å². The molecule has 0 aromatic carbocycles. The molecule has 13 heavy (non-hydrogen) atoms. The molecule has 1 unspecified atom stereocenters. The molecule has 1 aliphatic heterocycles. The summed E-state index contributed by atoms with van der Waals surface area (Å²) in [6, 6.07) is -0.0614. The van der Waals surface area contributed by atoms with E-state index in [0.717, 1.165) is 5.57 Å². The second kappa shape index (κ2) is 3.73. The molecule has 0 aliphatic carbocycles. The van der Waals surface area contributed by atoms with E-state index in [4.69, 9.17) is 0 Å². The van der Waals surface area contributed by atoms with Crippen LogP contribution in [0.3, 0.4) is 0 Å². The lowest BCUT2D eigenvalue weighted by atomic mass is 10.0. The topological polar surface area (TPSA) is 37.4 Å². The Morgan fingerprint density at radius 3 is 2.85 bits per heavy atom. The van der Waals surface area contributed by atoms with Crippen molar-refractivity contribution in [3.8, 4) is 0 Å². The molecule has 3 nitrogen and oxygen atoms in total. The van der Waals surface area contributed by atoms with Crippen molar-refractivity contribution in [3.63, 3.8) is 0 Å². The van der Waals surface area contributed by atoms with Gasteiger partial charge in [-0.05, 0) is 13.8 Å². The van der Waals surface area contributed by atoms with E-state index < -0.39 is 0 Å².